The van der Waals surface area contributed by atoms with Crippen LogP contribution in [-0.2, 0) is 12.8 Å². The van der Waals surface area contributed by atoms with Crippen molar-refractivity contribution in [3.05, 3.63) is 40.3 Å². The van der Waals surface area contributed by atoms with Gasteiger partial charge in [-0.2, -0.15) is 0 Å². The molecule has 1 saturated carbocycles. The van der Waals surface area contributed by atoms with Crippen LogP contribution in [0.5, 0.6) is 5.75 Å². The summed E-state index contributed by atoms with van der Waals surface area (Å²) in [4.78, 5) is 17.3. The van der Waals surface area contributed by atoms with Crippen LogP contribution in [0.3, 0.4) is 0 Å². The van der Waals surface area contributed by atoms with E-state index in [2.05, 4.69) is 42.5 Å². The minimum atomic E-state index is 0.0706. The number of rotatable bonds is 5. The first kappa shape index (κ1) is 19.5. The minimum absolute atomic E-state index is 0.0706. The maximum Gasteiger partial charge on any atom is 0.261 e. The number of nitrogens with zero attached hydrogens (tertiary/aromatic N) is 1. The fourth-order valence-electron chi connectivity index (χ4n) is 4.67. The number of carbonyl (C=O) groups excluding carboxylic acids is 1. The van der Waals surface area contributed by atoms with Gasteiger partial charge in [0.25, 0.3) is 5.91 Å². The molecule has 1 heterocycles. The van der Waals surface area contributed by atoms with E-state index in [0.717, 1.165) is 42.9 Å². The molecule has 1 aromatic carbocycles. The third kappa shape index (κ3) is 3.58. The number of hydrogen-bond donors (Lipinski definition) is 1. The summed E-state index contributed by atoms with van der Waals surface area (Å²) < 4.78 is 5.37. The molecule has 1 aromatic heterocycles. The summed E-state index contributed by atoms with van der Waals surface area (Å²) in [5.41, 5.74) is 3.97. The van der Waals surface area contributed by atoms with Crippen molar-refractivity contribution in [1.29, 1.82) is 0 Å². The second kappa shape index (κ2) is 7.88. The highest BCUT2D eigenvalue weighted by atomic mass is 32.1. The second-order valence-corrected chi connectivity index (χ2v) is 9.40. The van der Waals surface area contributed by atoms with Gasteiger partial charge in [0.15, 0.2) is 0 Å². The Morgan fingerprint density at radius 1 is 1.14 bits per heavy atom. The van der Waals surface area contributed by atoms with Crippen LogP contribution in [0.25, 0.3) is 10.4 Å². The van der Waals surface area contributed by atoms with Crippen LogP contribution in [0.4, 0.5) is 0 Å². The van der Waals surface area contributed by atoms with Gasteiger partial charge in [-0.1, -0.05) is 19.3 Å². The largest absolute Gasteiger partial charge is 0.497 e. The zero-order valence-electron chi connectivity index (χ0n) is 17.1. The van der Waals surface area contributed by atoms with Crippen LogP contribution in [0.1, 0.15) is 52.9 Å². The predicted molar refractivity (Wildman–Crippen MR) is 116 cm³/mol. The summed E-state index contributed by atoms with van der Waals surface area (Å²) in [5, 5.41) is 3.25. The molecule has 4 rings (SSSR count). The first-order chi connectivity index (χ1) is 13.5. The Morgan fingerprint density at radius 3 is 2.61 bits per heavy atom. The molecule has 2 aliphatic rings. The summed E-state index contributed by atoms with van der Waals surface area (Å²) in [6.45, 7) is 0.731. The molecule has 1 amide bonds. The average molecular weight is 399 g/mol. The zero-order chi connectivity index (χ0) is 19.7. The van der Waals surface area contributed by atoms with Gasteiger partial charge in [-0.3, -0.25) is 4.79 Å². The molecule has 4 nitrogen and oxygen atoms in total. The molecule has 1 fully saturated rings. The highest BCUT2D eigenvalue weighted by Crippen LogP contribution is 2.41. The Hall–Kier alpha value is -1.85. The number of thiophene rings is 1. The van der Waals surface area contributed by atoms with E-state index < -0.39 is 0 Å². The minimum Gasteiger partial charge on any atom is -0.497 e. The SMILES string of the molecule is COc1ccc2c(c1)CCc1cc(C(=O)NCC3(N(C)C)CCCCC3)sc1-2. The lowest BCUT2D eigenvalue weighted by Crippen LogP contribution is -2.53. The number of methoxy groups -OCH3 is 1. The molecule has 1 N–H and O–H groups in total. The van der Waals surface area contributed by atoms with E-state index in [-0.39, 0.29) is 11.4 Å². The average Bonchev–Trinajstić information content (AvgIpc) is 3.17. The summed E-state index contributed by atoms with van der Waals surface area (Å²) >= 11 is 1.63. The quantitative estimate of drug-likeness (QED) is 0.805. The van der Waals surface area contributed by atoms with Gasteiger partial charge in [0, 0.05) is 17.0 Å². The number of benzene rings is 1. The van der Waals surface area contributed by atoms with Crippen LogP contribution in [0.2, 0.25) is 0 Å². The van der Waals surface area contributed by atoms with E-state index in [1.807, 2.05) is 6.07 Å². The Morgan fingerprint density at radius 2 is 1.89 bits per heavy atom. The molecule has 5 heteroatoms. The molecule has 28 heavy (non-hydrogen) atoms. The Labute approximate surface area is 171 Å². The number of ether oxygens (including phenoxy) is 1. The monoisotopic (exact) mass is 398 g/mol. The Kier molecular flexibility index (Phi) is 5.48. The van der Waals surface area contributed by atoms with E-state index in [1.54, 1.807) is 18.4 Å². The van der Waals surface area contributed by atoms with Gasteiger partial charge in [-0.25, -0.2) is 0 Å². The van der Waals surface area contributed by atoms with Crippen LogP contribution < -0.4 is 10.1 Å². The Balaban J connectivity index is 1.51. The standard InChI is InChI=1S/C23H30N2O2S/c1-25(2)23(11-5-4-6-12-23)15-24-22(26)20-14-17-8-7-16-13-18(27-3)9-10-19(16)21(17)28-20/h9-10,13-14H,4-8,11-12,15H2,1-3H3,(H,24,26). The molecule has 2 aromatic rings. The molecular weight excluding hydrogens is 368 g/mol. The fourth-order valence-corrected chi connectivity index (χ4v) is 5.86. The van der Waals surface area contributed by atoms with E-state index in [4.69, 9.17) is 4.74 Å². The molecule has 0 spiro atoms. The van der Waals surface area contributed by atoms with Crippen molar-refractivity contribution < 1.29 is 9.53 Å². The highest BCUT2D eigenvalue weighted by molar-refractivity contribution is 7.17. The lowest BCUT2D eigenvalue weighted by Gasteiger charge is -2.43. The van der Waals surface area contributed by atoms with E-state index in [1.165, 1.54) is 40.8 Å². The fraction of sp³-hybridized carbons (Fsp3) is 0.522. The number of amides is 1. The molecule has 2 aliphatic carbocycles. The maximum absolute atomic E-state index is 12.9. The first-order valence-corrected chi connectivity index (χ1v) is 11.1. The highest BCUT2D eigenvalue weighted by Gasteiger charge is 2.34. The molecule has 0 bridgehead atoms. The number of fused-ring (bicyclic) bond motifs is 3. The first-order valence-electron chi connectivity index (χ1n) is 10.3. The molecule has 0 saturated heterocycles. The van der Waals surface area contributed by atoms with Crippen molar-refractivity contribution in [2.75, 3.05) is 27.7 Å². The third-order valence-electron chi connectivity index (χ3n) is 6.56. The van der Waals surface area contributed by atoms with Gasteiger partial charge in [-0.05, 0) is 80.7 Å². The number of nitrogens with one attached hydrogen (secondary N) is 1. The summed E-state index contributed by atoms with van der Waals surface area (Å²) in [7, 11) is 6.00. The van der Waals surface area contributed by atoms with Crippen molar-refractivity contribution in [3.63, 3.8) is 0 Å². The number of carbonyl (C=O) groups is 1. The second-order valence-electron chi connectivity index (χ2n) is 8.35. The van der Waals surface area contributed by atoms with Crippen LogP contribution in [-0.4, -0.2) is 44.1 Å². The summed E-state index contributed by atoms with van der Waals surface area (Å²) in [6, 6.07) is 8.37. The van der Waals surface area contributed by atoms with Gasteiger partial charge < -0.3 is 15.0 Å². The topological polar surface area (TPSA) is 41.6 Å². The lowest BCUT2D eigenvalue weighted by molar-refractivity contribution is 0.0802. The smallest absolute Gasteiger partial charge is 0.261 e. The van der Waals surface area contributed by atoms with Crippen molar-refractivity contribution in [1.82, 2.24) is 10.2 Å². The van der Waals surface area contributed by atoms with Gasteiger partial charge in [0.05, 0.1) is 12.0 Å². The normalized spacial score (nSPS) is 17.7. The molecule has 0 atom stereocenters. The summed E-state index contributed by atoms with van der Waals surface area (Å²) in [6.07, 6.45) is 8.13. The number of likely N-dealkylation sites (N-methyl/N-ethyl adjacent to an activating group) is 1. The molecule has 150 valence electrons. The number of aryl methyl sites for hydroxylation is 2. The van der Waals surface area contributed by atoms with Crippen LogP contribution >= 0.6 is 11.3 Å². The molecule has 0 radical (unpaired) electrons. The summed E-state index contributed by atoms with van der Waals surface area (Å²) in [5.74, 6) is 0.972. The molecule has 0 unspecified atom stereocenters. The zero-order valence-corrected chi connectivity index (χ0v) is 18.0. The number of hydrogen-bond acceptors (Lipinski definition) is 4. The maximum atomic E-state index is 12.9. The third-order valence-corrected chi connectivity index (χ3v) is 7.77. The van der Waals surface area contributed by atoms with Gasteiger partial charge in [0.1, 0.15) is 5.75 Å². The lowest BCUT2D eigenvalue weighted by atomic mass is 9.80. The van der Waals surface area contributed by atoms with Crippen LogP contribution in [0.15, 0.2) is 24.3 Å². The van der Waals surface area contributed by atoms with Gasteiger partial charge in [-0.15, -0.1) is 11.3 Å². The molecular formula is C23H30N2O2S. The predicted octanol–water partition coefficient (Wildman–Crippen LogP) is 4.52. The van der Waals surface area contributed by atoms with Crippen molar-refractivity contribution in [2.24, 2.45) is 0 Å². The van der Waals surface area contributed by atoms with Gasteiger partial charge in [0.2, 0.25) is 0 Å². The molecule has 0 aliphatic heterocycles. The van der Waals surface area contributed by atoms with Crippen LogP contribution in [0, 0.1) is 0 Å². The van der Waals surface area contributed by atoms with Gasteiger partial charge >= 0.3 is 0 Å². The van der Waals surface area contributed by atoms with Crippen molar-refractivity contribution >= 4 is 17.2 Å². The van der Waals surface area contributed by atoms with Crippen molar-refractivity contribution in [2.45, 2.75) is 50.5 Å². The van der Waals surface area contributed by atoms with Crippen molar-refractivity contribution in [3.8, 4) is 16.2 Å². The van der Waals surface area contributed by atoms with E-state index in [9.17, 15) is 4.79 Å². The van der Waals surface area contributed by atoms with E-state index >= 15 is 0 Å². The van der Waals surface area contributed by atoms with E-state index in [0.29, 0.717) is 0 Å². The Bertz CT molecular complexity index is 865.